The fourth-order valence-electron chi connectivity index (χ4n) is 2.14. The number of hydrogen-bond acceptors (Lipinski definition) is 2. The molecule has 0 radical (unpaired) electrons. The highest BCUT2D eigenvalue weighted by atomic mass is 19.4. The quantitative estimate of drug-likeness (QED) is 0.875. The Labute approximate surface area is 117 Å². The minimum atomic E-state index is -4.58. The Morgan fingerprint density at radius 2 is 1.71 bits per heavy atom. The Balaban J connectivity index is 2.57. The third-order valence-corrected chi connectivity index (χ3v) is 2.98. The smallest absolute Gasteiger partial charge is 0.309 e. The summed E-state index contributed by atoms with van der Waals surface area (Å²) in [6, 6.07) is 2.43. The first-order valence-electron chi connectivity index (χ1n) is 5.97. The van der Waals surface area contributed by atoms with E-state index in [0.717, 1.165) is 30.6 Å². The van der Waals surface area contributed by atoms with Crippen LogP contribution >= 0.6 is 0 Å². The molecule has 7 heteroatoms. The van der Waals surface area contributed by atoms with E-state index in [2.05, 4.69) is 10.3 Å². The Kier molecular flexibility index (Phi) is 4.22. The van der Waals surface area contributed by atoms with Gasteiger partial charge >= 0.3 is 6.18 Å². The predicted molar refractivity (Wildman–Crippen MR) is 66.5 cm³/mol. The van der Waals surface area contributed by atoms with Crippen LogP contribution in [0, 0.1) is 11.6 Å². The first kappa shape index (κ1) is 15.4. The topological polar surface area (TPSA) is 24.9 Å². The van der Waals surface area contributed by atoms with Crippen molar-refractivity contribution in [1.29, 1.82) is 0 Å². The zero-order valence-electron chi connectivity index (χ0n) is 10.9. The van der Waals surface area contributed by atoms with E-state index in [1.54, 1.807) is 0 Å². The third kappa shape index (κ3) is 3.36. The van der Waals surface area contributed by atoms with Gasteiger partial charge in [-0.2, -0.15) is 13.2 Å². The molecule has 112 valence electrons. The Bertz CT molecular complexity index is 619. The van der Waals surface area contributed by atoms with Gasteiger partial charge < -0.3 is 5.32 Å². The third-order valence-electron chi connectivity index (χ3n) is 2.98. The fraction of sp³-hybridized carbons (Fsp3) is 0.214. The van der Waals surface area contributed by atoms with Crippen LogP contribution in [0.4, 0.5) is 22.0 Å². The van der Waals surface area contributed by atoms with Crippen molar-refractivity contribution in [2.24, 2.45) is 0 Å². The second kappa shape index (κ2) is 5.77. The molecule has 1 unspecified atom stereocenters. The van der Waals surface area contributed by atoms with E-state index in [0.29, 0.717) is 6.07 Å². The molecule has 1 heterocycles. The van der Waals surface area contributed by atoms with Gasteiger partial charge in [0.1, 0.15) is 11.6 Å². The number of benzene rings is 1. The maximum atomic E-state index is 13.3. The van der Waals surface area contributed by atoms with Crippen molar-refractivity contribution >= 4 is 0 Å². The van der Waals surface area contributed by atoms with Crippen molar-refractivity contribution in [3.63, 3.8) is 0 Å². The van der Waals surface area contributed by atoms with E-state index in [-0.39, 0.29) is 11.1 Å². The number of rotatable bonds is 3. The summed E-state index contributed by atoms with van der Waals surface area (Å²) in [6.45, 7) is 0. The van der Waals surface area contributed by atoms with Crippen molar-refractivity contribution in [3.8, 4) is 0 Å². The fourth-order valence-corrected chi connectivity index (χ4v) is 2.14. The highest BCUT2D eigenvalue weighted by Gasteiger charge is 2.35. The van der Waals surface area contributed by atoms with Crippen LogP contribution in [0.1, 0.15) is 22.7 Å². The number of halogens is 5. The second-order valence-electron chi connectivity index (χ2n) is 4.39. The number of nitrogens with zero attached hydrogens (tertiary/aromatic N) is 1. The summed E-state index contributed by atoms with van der Waals surface area (Å²) in [4.78, 5) is 3.67. The SMILES string of the molecule is CNC(c1cc(F)cc(F)c1)c1cnccc1C(F)(F)F. The number of aromatic nitrogens is 1. The molecule has 0 aliphatic heterocycles. The van der Waals surface area contributed by atoms with Crippen LogP contribution in [-0.4, -0.2) is 12.0 Å². The van der Waals surface area contributed by atoms with Gasteiger partial charge in [0.2, 0.25) is 0 Å². The Morgan fingerprint density at radius 1 is 1.10 bits per heavy atom. The van der Waals surface area contributed by atoms with Gasteiger partial charge in [-0.05, 0) is 30.8 Å². The van der Waals surface area contributed by atoms with Gasteiger partial charge in [-0.25, -0.2) is 8.78 Å². The molecule has 1 atom stereocenters. The van der Waals surface area contributed by atoms with E-state index in [1.807, 2.05) is 0 Å². The summed E-state index contributed by atoms with van der Waals surface area (Å²) in [5.74, 6) is -1.72. The average Bonchev–Trinajstić information content (AvgIpc) is 2.38. The minimum Gasteiger partial charge on any atom is -0.309 e. The van der Waals surface area contributed by atoms with Gasteiger partial charge in [0.05, 0.1) is 11.6 Å². The molecule has 0 aliphatic rings. The largest absolute Gasteiger partial charge is 0.416 e. The zero-order chi connectivity index (χ0) is 15.6. The summed E-state index contributed by atoms with van der Waals surface area (Å²) >= 11 is 0. The van der Waals surface area contributed by atoms with Gasteiger partial charge in [0.25, 0.3) is 0 Å². The number of hydrogen-bond donors (Lipinski definition) is 1. The molecule has 21 heavy (non-hydrogen) atoms. The van der Waals surface area contributed by atoms with E-state index in [4.69, 9.17) is 0 Å². The van der Waals surface area contributed by atoms with Crippen molar-refractivity contribution in [2.75, 3.05) is 7.05 Å². The van der Waals surface area contributed by atoms with Crippen molar-refractivity contribution in [2.45, 2.75) is 12.2 Å². The van der Waals surface area contributed by atoms with Crippen LogP contribution in [0.15, 0.2) is 36.7 Å². The number of alkyl halides is 3. The van der Waals surface area contributed by atoms with Crippen molar-refractivity contribution in [3.05, 3.63) is 65.0 Å². The molecule has 0 amide bonds. The van der Waals surface area contributed by atoms with Gasteiger partial charge in [-0.15, -0.1) is 0 Å². The van der Waals surface area contributed by atoms with E-state index >= 15 is 0 Å². The maximum Gasteiger partial charge on any atom is 0.416 e. The van der Waals surface area contributed by atoms with E-state index in [9.17, 15) is 22.0 Å². The van der Waals surface area contributed by atoms with E-state index in [1.165, 1.54) is 7.05 Å². The minimum absolute atomic E-state index is 0.0495. The maximum absolute atomic E-state index is 13.3. The molecule has 1 aromatic carbocycles. The highest BCUT2D eigenvalue weighted by molar-refractivity contribution is 5.37. The van der Waals surface area contributed by atoms with Crippen LogP contribution in [0.3, 0.4) is 0 Å². The monoisotopic (exact) mass is 302 g/mol. The molecular formula is C14H11F5N2. The lowest BCUT2D eigenvalue weighted by Crippen LogP contribution is -2.22. The highest BCUT2D eigenvalue weighted by Crippen LogP contribution is 2.36. The second-order valence-corrected chi connectivity index (χ2v) is 4.39. The van der Waals surface area contributed by atoms with Gasteiger partial charge in [-0.1, -0.05) is 0 Å². The van der Waals surface area contributed by atoms with Crippen molar-refractivity contribution < 1.29 is 22.0 Å². The first-order chi connectivity index (χ1) is 9.82. The predicted octanol–water partition coefficient (Wildman–Crippen LogP) is 3.69. The van der Waals surface area contributed by atoms with Crippen LogP contribution in [0.5, 0.6) is 0 Å². The Hall–Kier alpha value is -2.02. The van der Waals surface area contributed by atoms with Crippen LogP contribution in [0.2, 0.25) is 0 Å². The normalized spacial score (nSPS) is 13.2. The van der Waals surface area contributed by atoms with Gasteiger partial charge in [-0.3, -0.25) is 4.98 Å². The van der Waals surface area contributed by atoms with Gasteiger partial charge in [0, 0.05) is 24.0 Å². The molecule has 2 rings (SSSR count). The molecule has 0 aliphatic carbocycles. The molecule has 1 aromatic heterocycles. The zero-order valence-corrected chi connectivity index (χ0v) is 10.9. The summed E-state index contributed by atoms with van der Waals surface area (Å²) in [7, 11) is 1.40. The number of nitrogens with one attached hydrogen (secondary N) is 1. The Morgan fingerprint density at radius 3 is 2.24 bits per heavy atom. The lowest BCUT2D eigenvalue weighted by atomic mass is 9.96. The van der Waals surface area contributed by atoms with Gasteiger partial charge in [0.15, 0.2) is 0 Å². The summed E-state index contributed by atoms with van der Waals surface area (Å²) in [5, 5.41) is 2.63. The molecule has 1 N–H and O–H groups in total. The molecule has 2 nitrogen and oxygen atoms in total. The molecule has 0 saturated heterocycles. The van der Waals surface area contributed by atoms with Crippen LogP contribution < -0.4 is 5.32 Å². The summed E-state index contributed by atoms with van der Waals surface area (Å²) in [5.41, 5.74) is -1.05. The standard InChI is InChI=1S/C14H11F5N2/c1-20-13(8-4-9(15)6-10(16)5-8)11-7-21-3-2-12(11)14(17,18)19/h2-7,13,20H,1H3. The molecule has 0 saturated carbocycles. The molecule has 2 aromatic rings. The summed E-state index contributed by atoms with van der Waals surface area (Å²) < 4.78 is 65.6. The molecule has 0 fully saturated rings. The lowest BCUT2D eigenvalue weighted by Gasteiger charge is -2.21. The summed E-state index contributed by atoms with van der Waals surface area (Å²) in [6.07, 6.45) is -2.53. The molecule has 0 bridgehead atoms. The van der Waals surface area contributed by atoms with E-state index < -0.39 is 29.4 Å². The van der Waals surface area contributed by atoms with Crippen LogP contribution in [0.25, 0.3) is 0 Å². The molecule has 0 spiro atoms. The average molecular weight is 302 g/mol. The lowest BCUT2D eigenvalue weighted by molar-refractivity contribution is -0.138. The first-order valence-corrected chi connectivity index (χ1v) is 5.97. The number of pyridine rings is 1. The van der Waals surface area contributed by atoms with Crippen LogP contribution in [-0.2, 0) is 6.18 Å². The molecular weight excluding hydrogens is 291 g/mol. The van der Waals surface area contributed by atoms with Crippen molar-refractivity contribution in [1.82, 2.24) is 10.3 Å².